The Balaban J connectivity index is 1.66. The summed E-state index contributed by atoms with van der Waals surface area (Å²) >= 11 is 0. The molecule has 1 aliphatic rings. The van der Waals surface area contributed by atoms with Crippen LogP contribution < -0.4 is 0 Å². The summed E-state index contributed by atoms with van der Waals surface area (Å²) in [7, 11) is 0. The van der Waals surface area contributed by atoms with Crippen molar-refractivity contribution in [3.63, 3.8) is 0 Å². The van der Waals surface area contributed by atoms with E-state index in [4.69, 9.17) is 4.74 Å². The van der Waals surface area contributed by atoms with Gasteiger partial charge in [-0.25, -0.2) is 9.69 Å². The molecule has 0 bridgehead atoms. The molecule has 0 saturated carbocycles. The zero-order valence-electron chi connectivity index (χ0n) is 14.1. The summed E-state index contributed by atoms with van der Waals surface area (Å²) in [6.07, 6.45) is -2.08. The van der Waals surface area contributed by atoms with Crippen LogP contribution in [0.3, 0.4) is 0 Å². The third-order valence-electron chi connectivity index (χ3n) is 4.19. The minimum atomic E-state index is -4.38. The number of benzene rings is 2. The van der Waals surface area contributed by atoms with Gasteiger partial charge in [-0.2, -0.15) is 13.2 Å². The molecule has 1 aliphatic heterocycles. The van der Waals surface area contributed by atoms with Gasteiger partial charge in [0.1, 0.15) is 12.6 Å². The van der Waals surface area contributed by atoms with E-state index in [1.807, 2.05) is 6.07 Å². The molecule has 0 aliphatic carbocycles. The largest absolute Gasteiger partial charge is 0.446 e. The van der Waals surface area contributed by atoms with Crippen LogP contribution >= 0.6 is 0 Å². The summed E-state index contributed by atoms with van der Waals surface area (Å²) in [5.74, 6) is -0.529. The second kappa shape index (κ2) is 7.65. The van der Waals surface area contributed by atoms with Gasteiger partial charge < -0.3 is 4.74 Å². The predicted octanol–water partition coefficient (Wildman–Crippen LogP) is 4.52. The van der Waals surface area contributed by atoms with E-state index in [0.29, 0.717) is 5.56 Å². The summed E-state index contributed by atoms with van der Waals surface area (Å²) in [6.45, 7) is 0.0847. The number of allylic oxidation sites excluding steroid dienone is 1. The predicted molar refractivity (Wildman–Crippen MR) is 91.7 cm³/mol. The van der Waals surface area contributed by atoms with E-state index >= 15 is 0 Å². The zero-order chi connectivity index (χ0) is 19.4. The lowest BCUT2D eigenvalue weighted by Crippen LogP contribution is -2.32. The Bertz CT molecular complexity index is 845. The average Bonchev–Trinajstić information content (AvgIpc) is 3.04. The highest BCUT2D eigenvalue weighted by atomic mass is 19.4. The van der Waals surface area contributed by atoms with Crippen LogP contribution in [0.4, 0.5) is 18.0 Å². The first kappa shape index (κ1) is 18.7. The molecule has 2 aromatic rings. The third-order valence-corrected chi connectivity index (χ3v) is 4.19. The van der Waals surface area contributed by atoms with Crippen molar-refractivity contribution in [1.82, 2.24) is 4.90 Å². The van der Waals surface area contributed by atoms with Crippen LogP contribution in [-0.4, -0.2) is 23.5 Å². The molecule has 0 unspecified atom stereocenters. The number of alkyl halides is 3. The zero-order valence-corrected chi connectivity index (χ0v) is 14.1. The van der Waals surface area contributed by atoms with Gasteiger partial charge in [0.05, 0.1) is 5.56 Å². The molecular weight excluding hydrogens is 359 g/mol. The number of imide groups is 1. The molecule has 1 heterocycles. The first-order chi connectivity index (χ1) is 12.9. The molecule has 0 aromatic heterocycles. The monoisotopic (exact) mass is 375 g/mol. The standard InChI is InChI=1S/C20H16F3NO3/c21-20(22,23)16-11-9-14(10-12-16)5-4-8-18(25)24-17(13-27-19(24)26)15-6-2-1-3-7-15/h1-4,6-12,17H,5,13H2/b8-4+/t17-/m1/s1. The minimum Gasteiger partial charge on any atom is -0.446 e. The summed E-state index contributed by atoms with van der Waals surface area (Å²) in [5.41, 5.74) is 0.681. The van der Waals surface area contributed by atoms with Crippen LogP contribution in [-0.2, 0) is 22.1 Å². The number of hydrogen-bond donors (Lipinski definition) is 0. The van der Waals surface area contributed by atoms with Crippen molar-refractivity contribution in [1.29, 1.82) is 0 Å². The highest BCUT2D eigenvalue weighted by Crippen LogP contribution is 2.29. The molecular formula is C20H16F3NO3. The fourth-order valence-corrected chi connectivity index (χ4v) is 2.79. The van der Waals surface area contributed by atoms with Gasteiger partial charge in [-0.1, -0.05) is 48.5 Å². The molecule has 0 N–H and O–H groups in total. The van der Waals surface area contributed by atoms with Gasteiger partial charge in [-0.3, -0.25) is 4.79 Å². The topological polar surface area (TPSA) is 46.6 Å². The fraction of sp³-hybridized carbons (Fsp3) is 0.200. The lowest BCUT2D eigenvalue weighted by molar-refractivity contribution is -0.137. The number of carbonyl (C=O) groups is 2. The highest BCUT2D eigenvalue weighted by Gasteiger charge is 2.37. The number of nitrogens with zero attached hydrogens (tertiary/aromatic N) is 1. The molecule has 27 heavy (non-hydrogen) atoms. The van der Waals surface area contributed by atoms with Gasteiger partial charge in [0.25, 0.3) is 5.91 Å². The molecule has 2 amide bonds. The summed E-state index contributed by atoms with van der Waals surface area (Å²) < 4.78 is 42.7. The van der Waals surface area contributed by atoms with Crippen molar-refractivity contribution in [2.24, 2.45) is 0 Å². The maximum atomic E-state index is 12.6. The van der Waals surface area contributed by atoms with Gasteiger partial charge >= 0.3 is 12.3 Å². The molecule has 1 saturated heterocycles. The first-order valence-corrected chi connectivity index (χ1v) is 8.24. The fourth-order valence-electron chi connectivity index (χ4n) is 2.79. The number of cyclic esters (lactones) is 1. The Morgan fingerprint density at radius 2 is 1.78 bits per heavy atom. The van der Waals surface area contributed by atoms with Crippen molar-refractivity contribution in [3.8, 4) is 0 Å². The van der Waals surface area contributed by atoms with Gasteiger partial charge in [0, 0.05) is 6.08 Å². The highest BCUT2D eigenvalue weighted by molar-refractivity contribution is 5.99. The number of carbonyl (C=O) groups excluding carboxylic acids is 2. The second-order valence-electron chi connectivity index (χ2n) is 6.01. The number of amides is 2. The van der Waals surface area contributed by atoms with Crippen molar-refractivity contribution in [2.75, 3.05) is 6.61 Å². The minimum absolute atomic E-state index is 0.0847. The second-order valence-corrected chi connectivity index (χ2v) is 6.01. The molecule has 2 aromatic carbocycles. The molecule has 0 radical (unpaired) electrons. The lowest BCUT2D eigenvalue weighted by atomic mass is 10.1. The maximum Gasteiger partial charge on any atom is 0.417 e. The van der Waals surface area contributed by atoms with E-state index in [1.54, 1.807) is 24.3 Å². The van der Waals surface area contributed by atoms with Crippen LogP contribution in [0, 0.1) is 0 Å². The molecule has 0 spiro atoms. The number of ether oxygens (including phenoxy) is 1. The van der Waals surface area contributed by atoms with Crippen molar-refractivity contribution < 1.29 is 27.5 Å². The van der Waals surface area contributed by atoms with Crippen LogP contribution in [0.5, 0.6) is 0 Å². The van der Waals surface area contributed by atoms with Crippen LogP contribution in [0.1, 0.15) is 22.7 Å². The van der Waals surface area contributed by atoms with Gasteiger partial charge in [0.2, 0.25) is 0 Å². The Morgan fingerprint density at radius 3 is 2.41 bits per heavy atom. The number of halogens is 3. The Labute approximate surface area is 153 Å². The normalized spacial score (nSPS) is 17.4. The molecule has 140 valence electrons. The third kappa shape index (κ3) is 4.36. The summed E-state index contributed by atoms with van der Waals surface area (Å²) in [4.78, 5) is 25.4. The molecule has 7 heteroatoms. The van der Waals surface area contributed by atoms with Crippen molar-refractivity contribution in [2.45, 2.75) is 18.6 Å². The Hall–Kier alpha value is -3.09. The summed E-state index contributed by atoms with van der Waals surface area (Å²) in [5, 5.41) is 0. The summed E-state index contributed by atoms with van der Waals surface area (Å²) in [6, 6.07) is 13.3. The van der Waals surface area contributed by atoms with E-state index in [0.717, 1.165) is 22.6 Å². The van der Waals surface area contributed by atoms with Crippen LogP contribution in [0.2, 0.25) is 0 Å². The van der Waals surface area contributed by atoms with Crippen molar-refractivity contribution >= 4 is 12.0 Å². The Morgan fingerprint density at radius 1 is 1.11 bits per heavy atom. The van der Waals surface area contributed by atoms with Gasteiger partial charge in [-0.05, 0) is 29.7 Å². The van der Waals surface area contributed by atoms with E-state index in [-0.39, 0.29) is 13.0 Å². The van der Waals surface area contributed by atoms with E-state index in [2.05, 4.69) is 0 Å². The van der Waals surface area contributed by atoms with Gasteiger partial charge in [0.15, 0.2) is 0 Å². The Kier molecular flexibility index (Phi) is 5.30. The van der Waals surface area contributed by atoms with Crippen molar-refractivity contribution in [3.05, 3.63) is 83.4 Å². The van der Waals surface area contributed by atoms with Crippen LogP contribution in [0.15, 0.2) is 66.7 Å². The van der Waals surface area contributed by atoms with Crippen LogP contribution in [0.25, 0.3) is 0 Å². The SMILES string of the molecule is O=C(/C=C/Cc1ccc(C(F)(F)F)cc1)N1C(=O)OC[C@@H]1c1ccccc1. The smallest absolute Gasteiger partial charge is 0.417 e. The van der Waals surface area contributed by atoms with E-state index < -0.39 is 29.8 Å². The average molecular weight is 375 g/mol. The van der Waals surface area contributed by atoms with E-state index in [9.17, 15) is 22.8 Å². The first-order valence-electron chi connectivity index (χ1n) is 8.24. The quantitative estimate of drug-likeness (QED) is 0.738. The number of rotatable bonds is 4. The number of hydrogen-bond acceptors (Lipinski definition) is 3. The molecule has 1 atom stereocenters. The van der Waals surface area contributed by atoms with E-state index in [1.165, 1.54) is 24.3 Å². The van der Waals surface area contributed by atoms with Gasteiger partial charge in [-0.15, -0.1) is 0 Å². The molecule has 4 nitrogen and oxygen atoms in total. The maximum absolute atomic E-state index is 12.6. The molecule has 3 rings (SSSR count). The molecule has 1 fully saturated rings. The lowest BCUT2D eigenvalue weighted by Gasteiger charge is -2.18.